The summed E-state index contributed by atoms with van der Waals surface area (Å²) in [6, 6.07) is 8.32. The molecule has 0 bridgehead atoms. The maximum Gasteiger partial charge on any atom is 0.225 e. The van der Waals surface area contributed by atoms with Gasteiger partial charge in [0.2, 0.25) is 5.95 Å². The first-order chi connectivity index (χ1) is 13.4. The van der Waals surface area contributed by atoms with Gasteiger partial charge in [-0.05, 0) is 41.5 Å². The average molecular weight is 385 g/mol. The summed E-state index contributed by atoms with van der Waals surface area (Å²) < 4.78 is 5.35. The van der Waals surface area contributed by atoms with Crippen molar-refractivity contribution in [2.24, 2.45) is 5.92 Å². The molecule has 2 aromatic rings. The first-order valence-electron chi connectivity index (χ1n) is 10.1. The Bertz CT molecular complexity index is 807. The minimum atomic E-state index is -0.0650. The Morgan fingerprint density at radius 2 is 1.93 bits per heavy atom. The van der Waals surface area contributed by atoms with Crippen LogP contribution in [0.25, 0.3) is 0 Å². The van der Waals surface area contributed by atoms with Crippen LogP contribution >= 0.6 is 0 Å². The van der Waals surface area contributed by atoms with Crippen LogP contribution < -0.4 is 15.0 Å². The highest BCUT2D eigenvalue weighted by Gasteiger charge is 2.21. The van der Waals surface area contributed by atoms with Crippen molar-refractivity contribution in [3.05, 3.63) is 41.1 Å². The van der Waals surface area contributed by atoms with Gasteiger partial charge in [-0.25, -0.2) is 4.98 Å². The smallest absolute Gasteiger partial charge is 0.225 e. The predicted octanol–water partition coefficient (Wildman–Crippen LogP) is 3.60. The first kappa shape index (κ1) is 20.4. The van der Waals surface area contributed by atoms with Gasteiger partial charge in [0.1, 0.15) is 11.6 Å². The van der Waals surface area contributed by atoms with E-state index in [0.717, 1.165) is 36.8 Å². The van der Waals surface area contributed by atoms with Gasteiger partial charge in [-0.2, -0.15) is 4.98 Å². The van der Waals surface area contributed by atoms with E-state index in [1.165, 1.54) is 11.1 Å². The Hall–Kier alpha value is -2.34. The highest BCUT2D eigenvalue weighted by molar-refractivity contribution is 5.50. The van der Waals surface area contributed by atoms with Crippen LogP contribution in [0.5, 0.6) is 5.75 Å². The van der Waals surface area contributed by atoms with Gasteiger partial charge in [0.05, 0.1) is 25.5 Å². The Kier molecular flexibility index (Phi) is 6.39. The molecule has 28 heavy (non-hydrogen) atoms. The van der Waals surface area contributed by atoms with Gasteiger partial charge in [0.25, 0.3) is 0 Å². The van der Waals surface area contributed by atoms with Gasteiger partial charge in [-0.15, -0.1) is 0 Å². The van der Waals surface area contributed by atoms with Crippen LogP contribution in [0.2, 0.25) is 0 Å². The molecule has 1 aliphatic heterocycles. The zero-order chi connectivity index (χ0) is 20.3. The molecule has 0 saturated carbocycles. The molecular weight excluding hydrogens is 352 g/mol. The highest BCUT2D eigenvalue weighted by Crippen LogP contribution is 2.28. The molecule has 0 radical (unpaired) electrons. The summed E-state index contributed by atoms with van der Waals surface area (Å²) in [5.41, 5.74) is 3.65. The SMILES string of the molecule is COc1ccc2c(c1)CCN(c1cc(C(C)C)nc(N[C@@H](CO)C(C)C)n1)C2. The second-order valence-corrected chi connectivity index (χ2v) is 8.11. The normalized spacial score (nSPS) is 14.9. The summed E-state index contributed by atoms with van der Waals surface area (Å²) in [5.74, 6) is 3.02. The summed E-state index contributed by atoms with van der Waals surface area (Å²) in [6.45, 7) is 10.2. The number of fused-ring (bicyclic) bond motifs is 1. The molecule has 1 aliphatic rings. The molecule has 152 valence electrons. The molecule has 0 unspecified atom stereocenters. The molecule has 0 aliphatic carbocycles. The third kappa shape index (κ3) is 4.55. The second kappa shape index (κ2) is 8.78. The summed E-state index contributed by atoms with van der Waals surface area (Å²) in [6.07, 6.45) is 0.960. The van der Waals surface area contributed by atoms with Crippen LogP contribution in [0.1, 0.15) is 50.4 Å². The van der Waals surface area contributed by atoms with Crippen LogP contribution in [0, 0.1) is 5.92 Å². The number of anilines is 2. The number of nitrogens with one attached hydrogen (secondary N) is 1. The average Bonchev–Trinajstić information content (AvgIpc) is 2.70. The van der Waals surface area contributed by atoms with Crippen LogP contribution in [-0.2, 0) is 13.0 Å². The molecule has 0 amide bonds. The lowest BCUT2D eigenvalue weighted by atomic mass is 9.99. The number of ether oxygens (including phenoxy) is 1. The number of benzene rings is 1. The molecule has 0 fully saturated rings. The number of nitrogens with zero attached hydrogens (tertiary/aromatic N) is 3. The summed E-state index contributed by atoms with van der Waals surface area (Å²) >= 11 is 0. The van der Waals surface area contributed by atoms with E-state index < -0.39 is 0 Å². The lowest BCUT2D eigenvalue weighted by molar-refractivity contribution is 0.248. The van der Waals surface area contributed by atoms with E-state index in [2.05, 4.69) is 61.1 Å². The maximum absolute atomic E-state index is 9.67. The second-order valence-electron chi connectivity index (χ2n) is 8.11. The molecule has 0 saturated heterocycles. The fourth-order valence-electron chi connectivity index (χ4n) is 3.42. The molecule has 1 atom stereocenters. The molecule has 6 nitrogen and oxygen atoms in total. The van der Waals surface area contributed by atoms with Crippen molar-refractivity contribution in [1.29, 1.82) is 0 Å². The topological polar surface area (TPSA) is 70.5 Å². The zero-order valence-electron chi connectivity index (χ0n) is 17.6. The van der Waals surface area contributed by atoms with Crippen molar-refractivity contribution in [2.45, 2.75) is 52.6 Å². The van der Waals surface area contributed by atoms with Crippen LogP contribution in [0.3, 0.4) is 0 Å². The van der Waals surface area contributed by atoms with Crippen molar-refractivity contribution in [1.82, 2.24) is 9.97 Å². The van der Waals surface area contributed by atoms with E-state index in [-0.39, 0.29) is 18.6 Å². The summed E-state index contributed by atoms with van der Waals surface area (Å²) in [5, 5.41) is 13.0. The lowest BCUT2D eigenvalue weighted by Crippen LogP contribution is -2.33. The van der Waals surface area contributed by atoms with Crippen molar-refractivity contribution in [3.8, 4) is 5.75 Å². The Labute approximate surface area is 168 Å². The summed E-state index contributed by atoms with van der Waals surface area (Å²) in [7, 11) is 1.70. The van der Waals surface area contributed by atoms with Crippen molar-refractivity contribution >= 4 is 11.8 Å². The highest BCUT2D eigenvalue weighted by atomic mass is 16.5. The fraction of sp³-hybridized carbons (Fsp3) is 0.545. The van der Waals surface area contributed by atoms with E-state index in [1.54, 1.807) is 7.11 Å². The Morgan fingerprint density at radius 1 is 1.14 bits per heavy atom. The number of hydrogen-bond acceptors (Lipinski definition) is 6. The van der Waals surface area contributed by atoms with Gasteiger partial charge in [-0.3, -0.25) is 0 Å². The van der Waals surface area contributed by atoms with E-state index in [1.807, 2.05) is 6.07 Å². The van der Waals surface area contributed by atoms with E-state index in [0.29, 0.717) is 11.9 Å². The maximum atomic E-state index is 9.67. The van der Waals surface area contributed by atoms with Gasteiger partial charge in [0, 0.05) is 19.2 Å². The largest absolute Gasteiger partial charge is 0.497 e. The molecular formula is C22H32N4O2. The van der Waals surface area contributed by atoms with E-state index >= 15 is 0 Å². The summed E-state index contributed by atoms with van der Waals surface area (Å²) in [4.78, 5) is 11.8. The van der Waals surface area contributed by atoms with E-state index in [9.17, 15) is 5.11 Å². The molecule has 0 spiro atoms. The van der Waals surface area contributed by atoms with Gasteiger partial charge in [0.15, 0.2) is 0 Å². The number of methoxy groups -OCH3 is 1. The monoisotopic (exact) mass is 384 g/mol. The molecule has 1 aromatic heterocycles. The zero-order valence-corrected chi connectivity index (χ0v) is 17.6. The van der Waals surface area contributed by atoms with Crippen molar-refractivity contribution in [3.63, 3.8) is 0 Å². The number of aliphatic hydroxyl groups excluding tert-OH is 1. The standard InChI is InChI=1S/C22H32N4O2/c1-14(2)19-11-21(25-22(23-19)24-20(13-27)15(3)4)26-9-8-16-10-18(28-5)7-6-17(16)12-26/h6-7,10-11,14-15,20,27H,8-9,12-13H2,1-5H3,(H,23,24,25)/t20-/m0/s1. The Morgan fingerprint density at radius 3 is 2.57 bits per heavy atom. The van der Waals surface area contributed by atoms with Gasteiger partial charge >= 0.3 is 0 Å². The lowest BCUT2D eigenvalue weighted by Gasteiger charge is -2.31. The molecule has 2 N–H and O–H groups in total. The van der Waals surface area contributed by atoms with Crippen molar-refractivity contribution < 1.29 is 9.84 Å². The molecule has 2 heterocycles. The number of aromatic nitrogens is 2. The Balaban J connectivity index is 1.88. The predicted molar refractivity (Wildman–Crippen MR) is 113 cm³/mol. The molecule has 6 heteroatoms. The third-order valence-electron chi connectivity index (χ3n) is 5.39. The van der Waals surface area contributed by atoms with E-state index in [4.69, 9.17) is 9.72 Å². The minimum Gasteiger partial charge on any atom is -0.497 e. The quantitative estimate of drug-likeness (QED) is 0.760. The van der Waals surface area contributed by atoms with Crippen LogP contribution in [0.15, 0.2) is 24.3 Å². The number of aliphatic hydroxyl groups is 1. The third-order valence-corrected chi connectivity index (χ3v) is 5.39. The molecule has 1 aromatic carbocycles. The van der Waals surface area contributed by atoms with Crippen LogP contribution in [-0.4, -0.2) is 41.4 Å². The van der Waals surface area contributed by atoms with Gasteiger partial charge in [-0.1, -0.05) is 33.8 Å². The van der Waals surface area contributed by atoms with Gasteiger partial charge < -0.3 is 20.1 Å². The fourth-order valence-corrected chi connectivity index (χ4v) is 3.42. The molecule has 3 rings (SSSR count). The first-order valence-corrected chi connectivity index (χ1v) is 10.1. The minimum absolute atomic E-state index is 0.0567. The van der Waals surface area contributed by atoms with Crippen molar-refractivity contribution in [2.75, 3.05) is 30.5 Å². The number of hydrogen-bond donors (Lipinski definition) is 2. The number of rotatable bonds is 7. The van der Waals surface area contributed by atoms with Crippen LogP contribution in [0.4, 0.5) is 11.8 Å².